The first-order valence-electron chi connectivity index (χ1n) is 14.2. The average Bonchev–Trinajstić information content (AvgIpc) is 3.63. The van der Waals surface area contributed by atoms with Crippen LogP contribution in [-0.2, 0) is 19.3 Å². The molecule has 220 valence electrons. The second-order valence-corrected chi connectivity index (χ2v) is 11.2. The number of rotatable bonds is 6. The van der Waals surface area contributed by atoms with Crippen molar-refractivity contribution >= 4 is 33.9 Å². The normalized spacial score (nSPS) is 24.0. The molecule has 6 rings (SSSR count). The van der Waals surface area contributed by atoms with Gasteiger partial charge in [-0.15, -0.1) is 10.1 Å². The van der Waals surface area contributed by atoms with Crippen molar-refractivity contribution in [1.29, 1.82) is 0 Å². The Hall–Kier alpha value is -4.02. The number of furan rings is 2. The van der Waals surface area contributed by atoms with Crippen LogP contribution in [0.5, 0.6) is 0 Å². The molecule has 4 unspecified atom stereocenters. The summed E-state index contributed by atoms with van der Waals surface area (Å²) in [6.45, 7) is 4.77. The lowest BCUT2D eigenvalue weighted by molar-refractivity contribution is -0.203. The highest BCUT2D eigenvalue weighted by Gasteiger charge is 2.32. The Morgan fingerprint density at radius 3 is 1.60 bits per heavy atom. The predicted octanol–water partition coefficient (Wildman–Crippen LogP) is 6.77. The average molecular weight is 579 g/mol. The number of hydrogen-bond donors (Lipinski definition) is 0. The zero-order chi connectivity index (χ0) is 29.4. The SMILES string of the molecule is CC1CC(c2cc(F)cc3ccoc23)CCN1OC(=O)/C=C/C(=O)ON1CCC(c2cc(F)cc3ccoc23)CC1C. The Bertz CT molecular complexity index is 1520. The first kappa shape index (κ1) is 28.1. The van der Waals surface area contributed by atoms with Gasteiger partial charge in [-0.05, 0) is 87.8 Å². The topological polar surface area (TPSA) is 85.4 Å². The monoisotopic (exact) mass is 578 g/mol. The molecule has 2 aromatic carbocycles. The molecule has 2 saturated heterocycles. The molecule has 0 bridgehead atoms. The van der Waals surface area contributed by atoms with Crippen LogP contribution in [0.2, 0.25) is 0 Å². The molecule has 2 aliphatic heterocycles. The lowest BCUT2D eigenvalue weighted by Crippen LogP contribution is -2.41. The van der Waals surface area contributed by atoms with Crippen molar-refractivity contribution in [3.63, 3.8) is 0 Å². The van der Waals surface area contributed by atoms with E-state index in [0.29, 0.717) is 49.9 Å². The molecule has 4 atom stereocenters. The summed E-state index contributed by atoms with van der Waals surface area (Å²) in [7, 11) is 0. The highest BCUT2D eigenvalue weighted by Crippen LogP contribution is 2.38. The van der Waals surface area contributed by atoms with Crippen molar-refractivity contribution in [1.82, 2.24) is 10.1 Å². The second kappa shape index (κ2) is 11.7. The van der Waals surface area contributed by atoms with E-state index in [2.05, 4.69) is 0 Å². The quantitative estimate of drug-likeness (QED) is 0.232. The van der Waals surface area contributed by atoms with Crippen molar-refractivity contribution in [2.75, 3.05) is 13.1 Å². The molecule has 42 heavy (non-hydrogen) atoms. The van der Waals surface area contributed by atoms with Gasteiger partial charge in [-0.3, -0.25) is 0 Å². The van der Waals surface area contributed by atoms with Gasteiger partial charge in [0.05, 0.1) is 12.5 Å². The zero-order valence-electron chi connectivity index (χ0n) is 23.4. The molecule has 2 aliphatic rings. The van der Waals surface area contributed by atoms with Gasteiger partial charge in [0.15, 0.2) is 0 Å². The fourth-order valence-corrected chi connectivity index (χ4v) is 6.32. The maximum atomic E-state index is 14.2. The summed E-state index contributed by atoms with van der Waals surface area (Å²) in [5, 5.41) is 4.62. The van der Waals surface area contributed by atoms with E-state index < -0.39 is 11.9 Å². The maximum Gasteiger partial charge on any atom is 0.349 e. The first-order chi connectivity index (χ1) is 20.2. The number of carbonyl (C=O) groups is 2. The number of hydroxylamine groups is 4. The number of halogens is 2. The number of piperidine rings is 2. The van der Waals surface area contributed by atoms with Gasteiger partial charge in [0, 0.05) is 59.2 Å². The molecule has 0 amide bonds. The summed E-state index contributed by atoms with van der Waals surface area (Å²) in [6, 6.07) is 9.18. The summed E-state index contributed by atoms with van der Waals surface area (Å²) in [5.41, 5.74) is 3.00. The van der Waals surface area contributed by atoms with Gasteiger partial charge in [0.1, 0.15) is 22.8 Å². The van der Waals surface area contributed by atoms with Gasteiger partial charge in [0.25, 0.3) is 0 Å². The third-order valence-electron chi connectivity index (χ3n) is 8.37. The number of hydrogen-bond acceptors (Lipinski definition) is 8. The van der Waals surface area contributed by atoms with Crippen LogP contribution in [0.1, 0.15) is 62.5 Å². The molecule has 8 nitrogen and oxygen atoms in total. The third kappa shape index (κ3) is 5.82. The fraction of sp³-hybridized carbons (Fsp3) is 0.375. The van der Waals surface area contributed by atoms with Crippen molar-refractivity contribution in [2.45, 2.75) is 63.5 Å². The van der Waals surface area contributed by atoms with E-state index in [1.165, 1.54) is 24.3 Å². The molecule has 10 heteroatoms. The maximum absolute atomic E-state index is 14.2. The van der Waals surface area contributed by atoms with Crippen molar-refractivity contribution in [3.05, 3.63) is 83.8 Å². The third-order valence-corrected chi connectivity index (χ3v) is 8.37. The molecule has 0 N–H and O–H groups in total. The molecular weight excluding hydrogens is 546 g/mol. The van der Waals surface area contributed by atoms with Crippen molar-refractivity contribution in [3.8, 4) is 0 Å². The molecule has 0 saturated carbocycles. The summed E-state index contributed by atoms with van der Waals surface area (Å²) in [4.78, 5) is 36.0. The molecule has 0 aliphatic carbocycles. The highest BCUT2D eigenvalue weighted by molar-refractivity contribution is 5.91. The minimum atomic E-state index is -0.684. The smallest absolute Gasteiger partial charge is 0.349 e. The Labute approximate surface area is 241 Å². The minimum absolute atomic E-state index is 0.0574. The predicted molar refractivity (Wildman–Crippen MR) is 150 cm³/mol. The van der Waals surface area contributed by atoms with Crippen LogP contribution in [0.4, 0.5) is 8.78 Å². The van der Waals surface area contributed by atoms with Crippen LogP contribution >= 0.6 is 0 Å². The summed E-state index contributed by atoms with van der Waals surface area (Å²) < 4.78 is 39.5. The molecule has 2 aromatic heterocycles. The molecular formula is C32H32F2N2O6. The van der Waals surface area contributed by atoms with E-state index in [0.717, 1.165) is 34.1 Å². The molecule has 2 fully saturated rings. The lowest BCUT2D eigenvalue weighted by atomic mass is 9.86. The first-order valence-corrected chi connectivity index (χ1v) is 14.2. The highest BCUT2D eigenvalue weighted by atomic mass is 19.1. The molecule has 0 spiro atoms. The van der Waals surface area contributed by atoms with Gasteiger partial charge >= 0.3 is 11.9 Å². The van der Waals surface area contributed by atoms with E-state index in [9.17, 15) is 18.4 Å². The summed E-state index contributed by atoms with van der Waals surface area (Å²) in [5.74, 6) is -1.87. The van der Waals surface area contributed by atoms with Crippen LogP contribution in [0.25, 0.3) is 21.9 Å². The van der Waals surface area contributed by atoms with Gasteiger partial charge < -0.3 is 18.5 Å². The second-order valence-electron chi connectivity index (χ2n) is 11.2. The standard InChI is InChI=1S/C32H32F2N2O6/c1-19-13-21(27-17-25(33)15-23-7-11-39-31(23)27)5-9-35(19)41-29(37)3-4-30(38)42-36-10-6-22(14-20(36)2)28-18-26(34)16-24-8-12-40-32(24)28/h3-4,7-8,11-12,15-22H,5-6,9-10,13-14H2,1-2H3/b4-3+. The number of carbonyl (C=O) groups excluding carboxylic acids is 2. The lowest BCUT2D eigenvalue weighted by Gasteiger charge is -2.36. The van der Waals surface area contributed by atoms with Crippen LogP contribution in [0, 0.1) is 11.6 Å². The van der Waals surface area contributed by atoms with Crippen molar-refractivity contribution < 1.29 is 36.9 Å². The largest absolute Gasteiger partial charge is 0.464 e. The number of fused-ring (bicyclic) bond motifs is 2. The molecule has 0 radical (unpaired) electrons. The summed E-state index contributed by atoms with van der Waals surface area (Å²) >= 11 is 0. The molecule has 4 heterocycles. The Morgan fingerprint density at radius 2 is 1.19 bits per heavy atom. The van der Waals surface area contributed by atoms with E-state index in [1.807, 2.05) is 13.8 Å². The van der Waals surface area contributed by atoms with E-state index in [-0.39, 0.29) is 35.6 Å². The van der Waals surface area contributed by atoms with Gasteiger partial charge in [-0.1, -0.05) is 0 Å². The number of nitrogens with zero attached hydrogens (tertiary/aromatic N) is 2. The Balaban J connectivity index is 0.993. The number of benzene rings is 2. The van der Waals surface area contributed by atoms with Crippen LogP contribution < -0.4 is 0 Å². The Morgan fingerprint density at radius 1 is 0.762 bits per heavy atom. The van der Waals surface area contributed by atoms with Gasteiger partial charge in [0.2, 0.25) is 0 Å². The molecule has 4 aromatic rings. The van der Waals surface area contributed by atoms with Crippen molar-refractivity contribution in [2.24, 2.45) is 0 Å². The fourth-order valence-electron chi connectivity index (χ4n) is 6.32. The van der Waals surface area contributed by atoms with E-state index in [4.69, 9.17) is 18.5 Å². The van der Waals surface area contributed by atoms with Gasteiger partial charge in [-0.2, -0.15) is 0 Å². The minimum Gasteiger partial charge on any atom is -0.464 e. The van der Waals surface area contributed by atoms with Crippen LogP contribution in [0.3, 0.4) is 0 Å². The van der Waals surface area contributed by atoms with Crippen LogP contribution in [0.15, 0.2) is 69.9 Å². The van der Waals surface area contributed by atoms with E-state index in [1.54, 1.807) is 34.8 Å². The van der Waals surface area contributed by atoms with Crippen LogP contribution in [-0.4, -0.2) is 47.2 Å². The zero-order valence-corrected chi connectivity index (χ0v) is 23.4. The Kier molecular flexibility index (Phi) is 7.83. The van der Waals surface area contributed by atoms with Gasteiger partial charge in [-0.25, -0.2) is 18.4 Å². The van der Waals surface area contributed by atoms with E-state index >= 15 is 0 Å². The summed E-state index contributed by atoms with van der Waals surface area (Å²) in [6.07, 6.45) is 7.81.